The number of amides is 1. The van der Waals surface area contributed by atoms with Crippen molar-refractivity contribution in [3.63, 3.8) is 0 Å². The molecule has 0 bridgehead atoms. The third-order valence-electron chi connectivity index (χ3n) is 4.44. The molecule has 11 heteroatoms. The van der Waals surface area contributed by atoms with Crippen LogP contribution in [0.3, 0.4) is 0 Å². The van der Waals surface area contributed by atoms with Gasteiger partial charge in [0.2, 0.25) is 17.5 Å². The Kier molecular flexibility index (Phi) is 6.47. The molecule has 2 aromatic heterocycles. The number of anilines is 1. The predicted molar refractivity (Wildman–Crippen MR) is 123 cm³/mol. The second-order valence-corrected chi connectivity index (χ2v) is 8.57. The lowest BCUT2D eigenvalue weighted by molar-refractivity contribution is -0.113. The van der Waals surface area contributed by atoms with Crippen molar-refractivity contribution in [2.75, 3.05) is 32.4 Å². The summed E-state index contributed by atoms with van der Waals surface area (Å²) in [7, 11) is 4.59. The lowest BCUT2D eigenvalue weighted by Gasteiger charge is -2.12. The van der Waals surface area contributed by atoms with Crippen LogP contribution in [0.15, 0.2) is 40.0 Å². The number of methoxy groups -OCH3 is 3. The van der Waals surface area contributed by atoms with Crippen LogP contribution in [-0.2, 0) is 4.79 Å². The second kappa shape index (κ2) is 9.45. The summed E-state index contributed by atoms with van der Waals surface area (Å²) in [6.45, 7) is 2.02. The number of nitrogens with one attached hydrogen (secondary N) is 1. The molecule has 4 rings (SSSR count). The maximum Gasteiger partial charge on any atom is 0.277 e. The molecule has 4 aromatic rings. The molecule has 1 N–H and O–H groups in total. The molecule has 9 nitrogen and oxygen atoms in total. The maximum absolute atomic E-state index is 12.3. The number of hydrogen-bond acceptors (Lipinski definition) is 10. The Morgan fingerprint density at radius 1 is 1.09 bits per heavy atom. The first-order chi connectivity index (χ1) is 15.5. The van der Waals surface area contributed by atoms with Crippen LogP contribution in [-0.4, -0.2) is 48.2 Å². The number of nitrogens with zero attached hydrogens (tertiary/aromatic N) is 3. The summed E-state index contributed by atoms with van der Waals surface area (Å²) >= 11 is 2.57. The monoisotopic (exact) mass is 472 g/mol. The molecule has 1 amide bonds. The molecule has 0 fully saturated rings. The van der Waals surface area contributed by atoms with Crippen LogP contribution >= 0.6 is 23.1 Å². The van der Waals surface area contributed by atoms with Gasteiger partial charge in [-0.05, 0) is 36.8 Å². The van der Waals surface area contributed by atoms with Crippen LogP contribution in [0.2, 0.25) is 0 Å². The van der Waals surface area contributed by atoms with Crippen molar-refractivity contribution < 1.29 is 23.4 Å². The highest BCUT2D eigenvalue weighted by atomic mass is 32.2. The van der Waals surface area contributed by atoms with Crippen LogP contribution in [0.25, 0.3) is 21.7 Å². The average molecular weight is 473 g/mol. The minimum atomic E-state index is -0.210. The van der Waals surface area contributed by atoms with Gasteiger partial charge in [0.05, 0.1) is 37.3 Å². The highest BCUT2D eigenvalue weighted by molar-refractivity contribution is 7.99. The van der Waals surface area contributed by atoms with Crippen molar-refractivity contribution in [2.24, 2.45) is 0 Å². The number of fused-ring (bicyclic) bond motifs is 1. The molecule has 166 valence electrons. The summed E-state index contributed by atoms with van der Waals surface area (Å²) in [4.78, 5) is 16.8. The Labute approximate surface area is 192 Å². The summed E-state index contributed by atoms with van der Waals surface area (Å²) in [5.74, 6) is 1.58. The summed E-state index contributed by atoms with van der Waals surface area (Å²) < 4.78 is 22.8. The number of carbonyl (C=O) groups is 1. The fraction of sp³-hybridized carbons (Fsp3) is 0.238. The first-order valence-electron chi connectivity index (χ1n) is 9.44. The Bertz CT molecular complexity index is 1250. The van der Waals surface area contributed by atoms with Gasteiger partial charge in [0.25, 0.3) is 5.22 Å². The lowest BCUT2D eigenvalue weighted by atomic mass is 10.2. The number of hydrogen-bond donors (Lipinski definition) is 1. The van der Waals surface area contributed by atoms with Crippen molar-refractivity contribution in [1.29, 1.82) is 0 Å². The molecule has 0 saturated heterocycles. The molecule has 0 aliphatic carbocycles. The summed E-state index contributed by atoms with van der Waals surface area (Å²) in [6.07, 6.45) is 0. The molecule has 0 atom stereocenters. The molecular weight excluding hydrogens is 452 g/mol. The Balaban J connectivity index is 1.42. The minimum absolute atomic E-state index is 0.103. The second-order valence-electron chi connectivity index (χ2n) is 6.61. The number of thiazole rings is 1. The van der Waals surface area contributed by atoms with E-state index in [9.17, 15) is 4.79 Å². The number of carbonyl (C=O) groups excluding carboxylic acids is 1. The Hall–Kier alpha value is -3.31. The highest BCUT2D eigenvalue weighted by Crippen LogP contribution is 2.41. The summed E-state index contributed by atoms with van der Waals surface area (Å²) in [5, 5.41) is 11.7. The number of rotatable bonds is 8. The first kappa shape index (κ1) is 21.9. The largest absolute Gasteiger partial charge is 0.493 e. The minimum Gasteiger partial charge on any atom is -0.493 e. The van der Waals surface area contributed by atoms with E-state index in [4.69, 9.17) is 18.6 Å². The van der Waals surface area contributed by atoms with Gasteiger partial charge in [0.1, 0.15) is 0 Å². The Morgan fingerprint density at radius 3 is 2.53 bits per heavy atom. The van der Waals surface area contributed by atoms with Crippen molar-refractivity contribution in [3.8, 4) is 28.7 Å². The molecule has 2 heterocycles. The molecule has 0 aliphatic heterocycles. The molecule has 0 unspecified atom stereocenters. The summed E-state index contributed by atoms with van der Waals surface area (Å²) in [6, 6.07) is 9.40. The van der Waals surface area contributed by atoms with E-state index in [1.165, 1.54) is 32.7 Å². The van der Waals surface area contributed by atoms with Crippen LogP contribution in [0.1, 0.15) is 5.56 Å². The van der Waals surface area contributed by atoms with Gasteiger partial charge in [-0.1, -0.05) is 29.2 Å². The Morgan fingerprint density at radius 2 is 1.84 bits per heavy atom. The number of thioether (sulfide) groups is 1. The topological polar surface area (TPSA) is 109 Å². The number of ether oxygens (including phenoxy) is 3. The third-order valence-corrected chi connectivity index (χ3v) is 6.19. The van der Waals surface area contributed by atoms with Gasteiger partial charge >= 0.3 is 0 Å². The van der Waals surface area contributed by atoms with Gasteiger partial charge in [-0.25, -0.2) is 4.98 Å². The van der Waals surface area contributed by atoms with E-state index in [1.807, 2.05) is 25.1 Å². The van der Waals surface area contributed by atoms with E-state index < -0.39 is 0 Å². The number of aryl methyl sites for hydroxylation is 1. The van der Waals surface area contributed by atoms with Crippen molar-refractivity contribution in [3.05, 3.63) is 35.9 Å². The smallest absolute Gasteiger partial charge is 0.277 e. The van der Waals surface area contributed by atoms with Gasteiger partial charge in [0, 0.05) is 5.56 Å². The third kappa shape index (κ3) is 4.63. The first-order valence-corrected chi connectivity index (χ1v) is 11.2. The molecule has 32 heavy (non-hydrogen) atoms. The van der Waals surface area contributed by atoms with E-state index in [-0.39, 0.29) is 22.8 Å². The zero-order valence-corrected chi connectivity index (χ0v) is 19.4. The van der Waals surface area contributed by atoms with Crippen molar-refractivity contribution >= 4 is 44.4 Å². The molecule has 0 saturated carbocycles. The van der Waals surface area contributed by atoms with E-state index in [1.54, 1.807) is 12.1 Å². The standard InChI is InChI=1S/C21H20N4O5S2/c1-11-5-6-13-16(7-11)32-20(22-13)23-17(26)10-31-21-25-24-19(30-21)12-8-14(27-2)18(29-4)15(9-12)28-3/h5-9H,10H2,1-4H3,(H,22,23,26). The quantitative estimate of drug-likeness (QED) is 0.373. The summed E-state index contributed by atoms with van der Waals surface area (Å²) in [5.41, 5.74) is 2.61. The van der Waals surface area contributed by atoms with Gasteiger partial charge in [0.15, 0.2) is 16.6 Å². The fourth-order valence-corrected chi connectivity index (χ4v) is 4.50. The molecule has 2 aromatic carbocycles. The number of benzene rings is 2. The lowest BCUT2D eigenvalue weighted by Crippen LogP contribution is -2.13. The number of aromatic nitrogens is 3. The maximum atomic E-state index is 12.3. The van der Waals surface area contributed by atoms with Crippen LogP contribution in [0.5, 0.6) is 17.2 Å². The van der Waals surface area contributed by atoms with E-state index in [0.717, 1.165) is 27.5 Å². The van der Waals surface area contributed by atoms with Gasteiger partial charge in [-0.3, -0.25) is 4.79 Å². The van der Waals surface area contributed by atoms with Gasteiger partial charge < -0.3 is 23.9 Å². The van der Waals surface area contributed by atoms with E-state index >= 15 is 0 Å². The SMILES string of the molecule is COc1cc(-c2nnc(SCC(=O)Nc3nc4ccc(C)cc4s3)o2)cc(OC)c1OC. The van der Waals surface area contributed by atoms with E-state index in [2.05, 4.69) is 20.5 Å². The predicted octanol–water partition coefficient (Wildman–Crippen LogP) is 4.41. The fourth-order valence-electron chi connectivity index (χ4n) is 2.96. The van der Waals surface area contributed by atoms with Crippen LogP contribution in [0.4, 0.5) is 5.13 Å². The van der Waals surface area contributed by atoms with Gasteiger partial charge in [-0.2, -0.15) is 0 Å². The van der Waals surface area contributed by atoms with Crippen molar-refractivity contribution in [2.45, 2.75) is 12.1 Å². The van der Waals surface area contributed by atoms with Crippen molar-refractivity contribution in [1.82, 2.24) is 15.2 Å². The van der Waals surface area contributed by atoms with E-state index in [0.29, 0.717) is 27.9 Å². The van der Waals surface area contributed by atoms with Crippen LogP contribution in [0, 0.1) is 6.92 Å². The van der Waals surface area contributed by atoms with Crippen LogP contribution < -0.4 is 19.5 Å². The average Bonchev–Trinajstić information content (AvgIpc) is 3.42. The zero-order chi connectivity index (χ0) is 22.7. The molecule has 0 radical (unpaired) electrons. The normalized spacial score (nSPS) is 10.9. The zero-order valence-electron chi connectivity index (χ0n) is 17.8. The van der Waals surface area contributed by atoms with Gasteiger partial charge in [-0.15, -0.1) is 10.2 Å². The molecular formula is C21H20N4O5S2. The highest BCUT2D eigenvalue weighted by Gasteiger charge is 2.18. The molecule has 0 spiro atoms. The molecule has 0 aliphatic rings.